The standard InChI is InChI=1S/C15H14N2O2/c1-9-3-6-12-14(7-9)19-15(17-12)11-5-4-10(16)8-13(11)18-2/h3-8H,16H2,1-2H3. The molecule has 0 saturated heterocycles. The first-order chi connectivity index (χ1) is 9.17. The van der Waals surface area contributed by atoms with E-state index >= 15 is 0 Å². The molecule has 0 aliphatic carbocycles. The Labute approximate surface area is 110 Å². The van der Waals surface area contributed by atoms with Gasteiger partial charge in [-0.3, -0.25) is 0 Å². The van der Waals surface area contributed by atoms with Gasteiger partial charge in [-0.25, -0.2) is 4.98 Å². The zero-order valence-corrected chi connectivity index (χ0v) is 10.8. The van der Waals surface area contributed by atoms with E-state index in [4.69, 9.17) is 14.9 Å². The lowest BCUT2D eigenvalue weighted by Gasteiger charge is -2.05. The van der Waals surface area contributed by atoms with E-state index in [0.717, 1.165) is 22.2 Å². The smallest absolute Gasteiger partial charge is 0.231 e. The SMILES string of the molecule is COc1cc(N)ccc1-c1nc2ccc(C)cc2o1. The number of oxazole rings is 1. The van der Waals surface area contributed by atoms with Gasteiger partial charge in [0.05, 0.1) is 12.7 Å². The maximum absolute atomic E-state index is 5.79. The molecule has 0 spiro atoms. The maximum atomic E-state index is 5.79. The molecule has 2 N–H and O–H groups in total. The van der Waals surface area contributed by atoms with Gasteiger partial charge in [0.25, 0.3) is 0 Å². The van der Waals surface area contributed by atoms with Crippen molar-refractivity contribution in [3.8, 4) is 17.2 Å². The number of ether oxygens (including phenoxy) is 1. The fourth-order valence-electron chi connectivity index (χ4n) is 2.03. The molecule has 0 bridgehead atoms. The van der Waals surface area contributed by atoms with E-state index in [1.165, 1.54) is 0 Å². The van der Waals surface area contributed by atoms with E-state index in [1.807, 2.05) is 31.2 Å². The Kier molecular flexibility index (Phi) is 2.63. The molecule has 0 radical (unpaired) electrons. The summed E-state index contributed by atoms with van der Waals surface area (Å²) in [5.41, 5.74) is 9.93. The molecule has 0 saturated carbocycles. The summed E-state index contributed by atoms with van der Waals surface area (Å²) in [5, 5.41) is 0. The van der Waals surface area contributed by atoms with Gasteiger partial charge in [0.2, 0.25) is 5.89 Å². The highest BCUT2D eigenvalue weighted by atomic mass is 16.5. The van der Waals surface area contributed by atoms with Crippen LogP contribution in [0.2, 0.25) is 0 Å². The second-order valence-corrected chi connectivity index (χ2v) is 4.45. The zero-order valence-electron chi connectivity index (χ0n) is 10.8. The Bertz CT molecular complexity index is 747. The molecule has 3 rings (SSSR count). The largest absolute Gasteiger partial charge is 0.496 e. The van der Waals surface area contributed by atoms with Gasteiger partial charge < -0.3 is 14.9 Å². The number of anilines is 1. The van der Waals surface area contributed by atoms with Gasteiger partial charge in [-0.2, -0.15) is 0 Å². The molecule has 4 heteroatoms. The van der Waals surface area contributed by atoms with Crippen LogP contribution in [0.5, 0.6) is 5.75 Å². The normalized spacial score (nSPS) is 10.8. The summed E-state index contributed by atoms with van der Waals surface area (Å²) < 4.78 is 11.1. The fraction of sp³-hybridized carbons (Fsp3) is 0.133. The first-order valence-electron chi connectivity index (χ1n) is 5.98. The number of nitrogen functional groups attached to an aromatic ring is 1. The van der Waals surface area contributed by atoms with Crippen LogP contribution in [-0.2, 0) is 0 Å². The number of nitrogens with two attached hydrogens (primary N) is 1. The minimum absolute atomic E-state index is 0.539. The van der Waals surface area contributed by atoms with Gasteiger partial charge in [-0.15, -0.1) is 0 Å². The number of benzene rings is 2. The highest BCUT2D eigenvalue weighted by Crippen LogP contribution is 2.33. The van der Waals surface area contributed by atoms with Crippen molar-refractivity contribution in [1.82, 2.24) is 4.98 Å². The Morgan fingerprint density at radius 2 is 2.00 bits per heavy atom. The summed E-state index contributed by atoms with van der Waals surface area (Å²) in [6, 6.07) is 11.3. The maximum Gasteiger partial charge on any atom is 0.231 e. The molecule has 0 amide bonds. The van der Waals surface area contributed by atoms with E-state index in [9.17, 15) is 0 Å². The van der Waals surface area contributed by atoms with Gasteiger partial charge >= 0.3 is 0 Å². The minimum atomic E-state index is 0.539. The van der Waals surface area contributed by atoms with Crippen molar-refractivity contribution in [3.05, 3.63) is 42.0 Å². The van der Waals surface area contributed by atoms with Gasteiger partial charge in [0.15, 0.2) is 5.58 Å². The summed E-state index contributed by atoms with van der Waals surface area (Å²) in [7, 11) is 1.60. The van der Waals surface area contributed by atoms with Crippen molar-refractivity contribution in [3.63, 3.8) is 0 Å². The van der Waals surface area contributed by atoms with Crippen molar-refractivity contribution in [2.45, 2.75) is 6.92 Å². The van der Waals surface area contributed by atoms with Crippen LogP contribution in [0.4, 0.5) is 5.69 Å². The molecule has 0 aliphatic heterocycles. The minimum Gasteiger partial charge on any atom is -0.496 e. The molecule has 0 atom stereocenters. The number of rotatable bonds is 2. The van der Waals surface area contributed by atoms with E-state index < -0.39 is 0 Å². The topological polar surface area (TPSA) is 61.3 Å². The van der Waals surface area contributed by atoms with Crippen LogP contribution in [0.25, 0.3) is 22.6 Å². The van der Waals surface area contributed by atoms with E-state index in [1.54, 1.807) is 19.2 Å². The third-order valence-electron chi connectivity index (χ3n) is 3.00. The number of nitrogens with zero attached hydrogens (tertiary/aromatic N) is 1. The first-order valence-corrected chi connectivity index (χ1v) is 5.98. The van der Waals surface area contributed by atoms with Gasteiger partial charge in [-0.05, 0) is 36.8 Å². The number of aromatic nitrogens is 1. The number of aryl methyl sites for hydroxylation is 1. The first kappa shape index (κ1) is 11.6. The monoisotopic (exact) mass is 254 g/mol. The van der Waals surface area contributed by atoms with Crippen molar-refractivity contribution >= 4 is 16.8 Å². The number of fused-ring (bicyclic) bond motifs is 1. The zero-order chi connectivity index (χ0) is 13.4. The van der Waals surface area contributed by atoms with E-state index in [2.05, 4.69) is 4.98 Å². The Morgan fingerprint density at radius 1 is 1.16 bits per heavy atom. The Hall–Kier alpha value is -2.49. The predicted octanol–water partition coefficient (Wildman–Crippen LogP) is 3.39. The lowest BCUT2D eigenvalue weighted by molar-refractivity contribution is 0.415. The summed E-state index contributed by atoms with van der Waals surface area (Å²) in [6.07, 6.45) is 0. The van der Waals surface area contributed by atoms with Crippen molar-refractivity contribution in [1.29, 1.82) is 0 Å². The Morgan fingerprint density at radius 3 is 2.79 bits per heavy atom. The molecule has 1 heterocycles. The van der Waals surface area contributed by atoms with Crippen molar-refractivity contribution < 1.29 is 9.15 Å². The molecule has 96 valence electrons. The van der Waals surface area contributed by atoms with Gasteiger partial charge in [-0.1, -0.05) is 6.07 Å². The quantitative estimate of drug-likeness (QED) is 0.712. The second-order valence-electron chi connectivity index (χ2n) is 4.45. The highest BCUT2D eigenvalue weighted by Gasteiger charge is 2.13. The van der Waals surface area contributed by atoms with Crippen LogP contribution in [-0.4, -0.2) is 12.1 Å². The third kappa shape index (κ3) is 2.01. The van der Waals surface area contributed by atoms with Gasteiger partial charge in [0, 0.05) is 11.8 Å². The number of hydrogen-bond acceptors (Lipinski definition) is 4. The van der Waals surface area contributed by atoms with Crippen molar-refractivity contribution in [2.24, 2.45) is 0 Å². The molecule has 2 aromatic carbocycles. The van der Waals surface area contributed by atoms with Crippen LogP contribution in [0.1, 0.15) is 5.56 Å². The molecule has 3 aromatic rings. The van der Waals surface area contributed by atoms with Crippen LogP contribution in [0.3, 0.4) is 0 Å². The molecule has 0 fully saturated rings. The molecule has 1 aromatic heterocycles. The molecule has 0 unspecified atom stereocenters. The third-order valence-corrected chi connectivity index (χ3v) is 3.00. The van der Waals surface area contributed by atoms with E-state index in [0.29, 0.717) is 17.3 Å². The van der Waals surface area contributed by atoms with Crippen LogP contribution in [0.15, 0.2) is 40.8 Å². The molecule has 19 heavy (non-hydrogen) atoms. The molecular weight excluding hydrogens is 240 g/mol. The summed E-state index contributed by atoms with van der Waals surface area (Å²) >= 11 is 0. The second kappa shape index (κ2) is 4.31. The summed E-state index contributed by atoms with van der Waals surface area (Å²) in [5.74, 6) is 1.20. The number of hydrogen-bond donors (Lipinski definition) is 1. The van der Waals surface area contributed by atoms with E-state index in [-0.39, 0.29) is 0 Å². The summed E-state index contributed by atoms with van der Waals surface area (Å²) in [6.45, 7) is 2.02. The average molecular weight is 254 g/mol. The highest BCUT2D eigenvalue weighted by molar-refractivity contribution is 5.78. The fourth-order valence-corrected chi connectivity index (χ4v) is 2.03. The average Bonchev–Trinajstić information content (AvgIpc) is 2.81. The van der Waals surface area contributed by atoms with Gasteiger partial charge in [0.1, 0.15) is 11.3 Å². The molecule has 4 nitrogen and oxygen atoms in total. The van der Waals surface area contributed by atoms with Crippen molar-refractivity contribution in [2.75, 3.05) is 12.8 Å². The molecule has 0 aliphatic rings. The number of methoxy groups -OCH3 is 1. The molecular formula is C15H14N2O2. The van der Waals surface area contributed by atoms with Crippen LogP contribution in [0, 0.1) is 6.92 Å². The van der Waals surface area contributed by atoms with Crippen LogP contribution < -0.4 is 10.5 Å². The van der Waals surface area contributed by atoms with Crippen LogP contribution >= 0.6 is 0 Å². The summed E-state index contributed by atoms with van der Waals surface area (Å²) in [4.78, 5) is 4.47. The Balaban J connectivity index is 2.18. The lowest BCUT2D eigenvalue weighted by Crippen LogP contribution is -1.91. The predicted molar refractivity (Wildman–Crippen MR) is 75.1 cm³/mol. The lowest BCUT2D eigenvalue weighted by atomic mass is 10.2.